The molecule has 0 atom stereocenters. The molecule has 4 aromatic rings. The Bertz CT molecular complexity index is 1290. The second-order valence-corrected chi connectivity index (χ2v) is 8.15. The molecule has 0 spiro atoms. The van der Waals surface area contributed by atoms with E-state index in [2.05, 4.69) is 15.5 Å². The summed E-state index contributed by atoms with van der Waals surface area (Å²) in [5, 5.41) is 23.0. The number of para-hydroxylation sites is 2. The third kappa shape index (κ3) is 5.41. The molecule has 34 heavy (non-hydrogen) atoms. The Hall–Kier alpha value is -4.18. The Morgan fingerprint density at radius 1 is 1.03 bits per heavy atom. The van der Waals surface area contributed by atoms with Gasteiger partial charge in [0.25, 0.3) is 5.69 Å². The van der Waals surface area contributed by atoms with Gasteiger partial charge in [0.15, 0.2) is 5.16 Å². The number of hydrogen-bond donors (Lipinski definition) is 1. The number of thioether (sulfide) groups is 1. The molecular weight excluding hydrogens is 454 g/mol. The molecule has 172 valence electrons. The number of benzene rings is 3. The molecule has 0 aliphatic carbocycles. The highest BCUT2D eigenvalue weighted by atomic mass is 32.2. The fourth-order valence-corrected chi connectivity index (χ4v) is 4.10. The Labute approximate surface area is 199 Å². The lowest BCUT2D eigenvalue weighted by atomic mass is 10.1. The molecule has 0 saturated heterocycles. The Balaban J connectivity index is 1.56. The zero-order chi connectivity index (χ0) is 23.9. The largest absolute Gasteiger partial charge is 0.497 e. The van der Waals surface area contributed by atoms with Crippen LogP contribution < -0.4 is 10.1 Å². The number of carbonyl (C=O) groups is 1. The first-order valence-electron chi connectivity index (χ1n) is 10.3. The molecule has 1 N–H and O–H groups in total. The van der Waals surface area contributed by atoms with Crippen LogP contribution in [0.5, 0.6) is 5.75 Å². The van der Waals surface area contributed by atoms with Crippen LogP contribution in [0.2, 0.25) is 0 Å². The minimum absolute atomic E-state index is 0.00563. The van der Waals surface area contributed by atoms with E-state index in [-0.39, 0.29) is 23.0 Å². The van der Waals surface area contributed by atoms with Crippen LogP contribution in [0.3, 0.4) is 0 Å². The summed E-state index contributed by atoms with van der Waals surface area (Å²) in [5.74, 6) is 1.07. The van der Waals surface area contributed by atoms with Gasteiger partial charge >= 0.3 is 0 Å². The quantitative estimate of drug-likeness (QED) is 0.215. The Morgan fingerprint density at radius 2 is 1.74 bits per heavy atom. The molecule has 0 aliphatic rings. The fourth-order valence-electron chi connectivity index (χ4n) is 3.33. The minimum Gasteiger partial charge on any atom is -0.497 e. The average Bonchev–Trinajstić information content (AvgIpc) is 3.26. The maximum absolute atomic E-state index is 12.6. The second kappa shape index (κ2) is 10.6. The van der Waals surface area contributed by atoms with Crippen molar-refractivity contribution < 1.29 is 14.5 Å². The first kappa shape index (κ1) is 23.0. The number of anilines is 1. The maximum atomic E-state index is 12.6. The van der Waals surface area contributed by atoms with Crippen LogP contribution in [-0.2, 0) is 11.2 Å². The minimum atomic E-state index is -0.529. The van der Waals surface area contributed by atoms with Crippen molar-refractivity contribution in [1.29, 1.82) is 0 Å². The zero-order valence-electron chi connectivity index (χ0n) is 18.2. The number of nitrogens with zero attached hydrogens (tertiary/aromatic N) is 4. The molecule has 1 amide bonds. The molecule has 0 aliphatic heterocycles. The summed E-state index contributed by atoms with van der Waals surface area (Å²) in [4.78, 5) is 23.2. The molecular formula is C24H21N5O4S. The maximum Gasteiger partial charge on any atom is 0.292 e. The number of carbonyl (C=O) groups excluding carboxylic acids is 1. The van der Waals surface area contributed by atoms with Gasteiger partial charge in [-0.25, -0.2) is 0 Å². The Kier molecular flexibility index (Phi) is 7.19. The van der Waals surface area contributed by atoms with Gasteiger partial charge in [0.1, 0.15) is 17.3 Å². The zero-order valence-corrected chi connectivity index (χ0v) is 19.1. The molecule has 9 nitrogen and oxygen atoms in total. The number of hydrogen-bond acceptors (Lipinski definition) is 7. The van der Waals surface area contributed by atoms with E-state index in [0.29, 0.717) is 11.6 Å². The van der Waals surface area contributed by atoms with E-state index in [9.17, 15) is 14.9 Å². The van der Waals surface area contributed by atoms with Gasteiger partial charge in [0.05, 0.1) is 17.8 Å². The van der Waals surface area contributed by atoms with Crippen molar-refractivity contribution in [2.75, 3.05) is 18.2 Å². The summed E-state index contributed by atoms with van der Waals surface area (Å²) in [6, 6.07) is 23.4. The van der Waals surface area contributed by atoms with Crippen LogP contribution in [0.1, 0.15) is 11.4 Å². The van der Waals surface area contributed by atoms with Gasteiger partial charge in [-0.05, 0) is 35.9 Å². The van der Waals surface area contributed by atoms with Gasteiger partial charge in [0.2, 0.25) is 5.91 Å². The van der Waals surface area contributed by atoms with Crippen LogP contribution in [-0.4, -0.2) is 38.5 Å². The molecule has 1 heterocycles. The number of ether oxygens (including phenoxy) is 1. The summed E-state index contributed by atoms with van der Waals surface area (Å²) in [7, 11) is 1.60. The standard InChI is InChI=1S/C24H21N5O4S/c1-33-19-13-11-18(12-14-19)28-22(15-17-7-3-2-4-8-17)26-27-24(28)34-16-23(30)25-20-9-5-6-10-21(20)29(31)32/h2-14H,15-16H2,1H3,(H,25,30). The fraction of sp³-hybridized carbons (Fsp3) is 0.125. The summed E-state index contributed by atoms with van der Waals surface area (Å²) in [6.07, 6.45) is 0.558. The van der Waals surface area contributed by atoms with Crippen molar-refractivity contribution in [1.82, 2.24) is 14.8 Å². The highest BCUT2D eigenvalue weighted by Gasteiger charge is 2.18. The van der Waals surface area contributed by atoms with Crippen molar-refractivity contribution in [2.24, 2.45) is 0 Å². The SMILES string of the molecule is COc1ccc(-n2c(Cc3ccccc3)nnc2SCC(=O)Nc2ccccc2[N+](=O)[O-])cc1. The van der Waals surface area contributed by atoms with Crippen LogP contribution in [0.4, 0.5) is 11.4 Å². The number of aromatic nitrogens is 3. The third-order valence-electron chi connectivity index (χ3n) is 4.94. The van der Waals surface area contributed by atoms with E-state index < -0.39 is 4.92 Å². The van der Waals surface area contributed by atoms with Gasteiger partial charge in [-0.2, -0.15) is 0 Å². The molecule has 0 unspecified atom stereocenters. The summed E-state index contributed by atoms with van der Waals surface area (Å²) < 4.78 is 7.16. The lowest BCUT2D eigenvalue weighted by molar-refractivity contribution is -0.383. The van der Waals surface area contributed by atoms with Gasteiger partial charge in [-0.1, -0.05) is 54.2 Å². The number of nitro benzene ring substituents is 1. The van der Waals surface area contributed by atoms with E-state index in [1.165, 1.54) is 23.9 Å². The van der Waals surface area contributed by atoms with Crippen LogP contribution >= 0.6 is 11.8 Å². The highest BCUT2D eigenvalue weighted by molar-refractivity contribution is 7.99. The topological polar surface area (TPSA) is 112 Å². The van der Waals surface area contributed by atoms with E-state index in [0.717, 1.165) is 22.8 Å². The average molecular weight is 476 g/mol. The molecule has 0 radical (unpaired) electrons. The predicted molar refractivity (Wildman–Crippen MR) is 130 cm³/mol. The van der Waals surface area contributed by atoms with Crippen molar-refractivity contribution in [3.8, 4) is 11.4 Å². The first-order chi connectivity index (χ1) is 16.5. The lowest BCUT2D eigenvalue weighted by Crippen LogP contribution is -2.15. The van der Waals surface area contributed by atoms with Crippen LogP contribution in [0.25, 0.3) is 5.69 Å². The molecule has 4 rings (SSSR count). The number of rotatable bonds is 9. The molecule has 3 aromatic carbocycles. The Morgan fingerprint density at radius 3 is 2.44 bits per heavy atom. The summed E-state index contributed by atoms with van der Waals surface area (Å²) >= 11 is 1.20. The molecule has 0 bridgehead atoms. The number of nitro groups is 1. The van der Waals surface area contributed by atoms with Crippen molar-refractivity contribution in [2.45, 2.75) is 11.6 Å². The van der Waals surface area contributed by atoms with Gasteiger partial charge in [-0.3, -0.25) is 19.5 Å². The van der Waals surface area contributed by atoms with Crippen LogP contribution in [0, 0.1) is 10.1 Å². The monoisotopic (exact) mass is 475 g/mol. The summed E-state index contributed by atoms with van der Waals surface area (Å²) in [6.45, 7) is 0. The van der Waals surface area contributed by atoms with E-state index in [4.69, 9.17) is 4.74 Å². The second-order valence-electron chi connectivity index (χ2n) is 7.21. The number of nitrogens with one attached hydrogen (secondary N) is 1. The highest BCUT2D eigenvalue weighted by Crippen LogP contribution is 2.27. The molecule has 0 fully saturated rings. The van der Waals surface area contributed by atoms with Crippen molar-refractivity contribution in [3.05, 3.63) is 100 Å². The van der Waals surface area contributed by atoms with Gasteiger partial charge < -0.3 is 10.1 Å². The smallest absolute Gasteiger partial charge is 0.292 e. The molecule has 0 saturated carbocycles. The van der Waals surface area contributed by atoms with Crippen molar-refractivity contribution in [3.63, 3.8) is 0 Å². The van der Waals surface area contributed by atoms with Crippen LogP contribution in [0.15, 0.2) is 84.0 Å². The molecule has 1 aromatic heterocycles. The normalized spacial score (nSPS) is 10.6. The van der Waals surface area contributed by atoms with Gasteiger partial charge in [0, 0.05) is 18.2 Å². The first-order valence-corrected chi connectivity index (χ1v) is 11.3. The lowest BCUT2D eigenvalue weighted by Gasteiger charge is -2.11. The summed E-state index contributed by atoms with van der Waals surface area (Å²) in [5.41, 5.74) is 1.90. The molecule has 10 heteroatoms. The number of amides is 1. The van der Waals surface area contributed by atoms with E-state index in [1.54, 1.807) is 19.2 Å². The third-order valence-corrected chi connectivity index (χ3v) is 5.87. The van der Waals surface area contributed by atoms with E-state index in [1.807, 2.05) is 59.2 Å². The predicted octanol–water partition coefficient (Wildman–Crippen LogP) is 4.51. The van der Waals surface area contributed by atoms with Crippen molar-refractivity contribution >= 4 is 29.0 Å². The van der Waals surface area contributed by atoms with E-state index >= 15 is 0 Å². The number of methoxy groups -OCH3 is 1. The van der Waals surface area contributed by atoms with Gasteiger partial charge in [-0.15, -0.1) is 10.2 Å².